The quantitative estimate of drug-likeness (QED) is 0.325. The fourth-order valence-electron chi connectivity index (χ4n) is 5.35. The largest absolute Gasteiger partial charge is 0.481 e. The molecule has 1 unspecified atom stereocenters. The highest BCUT2D eigenvalue weighted by atomic mass is 32.2. The number of amides is 2. The van der Waals surface area contributed by atoms with E-state index in [1.165, 1.54) is 12.1 Å². The Morgan fingerprint density at radius 3 is 2.30 bits per heavy atom. The van der Waals surface area contributed by atoms with Gasteiger partial charge in [0.25, 0.3) is 10.0 Å². The first kappa shape index (κ1) is 29.1. The van der Waals surface area contributed by atoms with Crippen molar-refractivity contribution in [3.8, 4) is 0 Å². The monoisotopic (exact) mass is 538 g/mol. The summed E-state index contributed by atoms with van der Waals surface area (Å²) in [6.45, 7) is 0.694. The molecule has 2 amide bonds. The third-order valence-corrected chi connectivity index (χ3v) is 8.86. The van der Waals surface area contributed by atoms with Gasteiger partial charge < -0.3 is 19.9 Å². The number of carbonyl (C=O) groups is 3. The summed E-state index contributed by atoms with van der Waals surface area (Å²) < 4.78 is 37.5. The Morgan fingerprint density at radius 2 is 1.70 bits per heavy atom. The number of hydrogen-bond donors (Lipinski definition) is 3. The summed E-state index contributed by atoms with van der Waals surface area (Å²) in [5.74, 6) is -2.88. The maximum atomic E-state index is 13.4. The number of aliphatic carboxylic acids is 1. The van der Waals surface area contributed by atoms with Crippen LogP contribution in [0.4, 0.5) is 0 Å². The number of nitrogens with one attached hydrogen (secondary N) is 2. The number of carbonyl (C=O) groups excluding carboxylic acids is 2. The molecule has 0 aromatic heterocycles. The van der Waals surface area contributed by atoms with Crippen molar-refractivity contribution in [3.05, 3.63) is 30.3 Å². The summed E-state index contributed by atoms with van der Waals surface area (Å²) in [6, 6.07) is 7.61. The van der Waals surface area contributed by atoms with Gasteiger partial charge in [0.05, 0.1) is 36.0 Å². The molecule has 1 aromatic carbocycles. The van der Waals surface area contributed by atoms with Gasteiger partial charge in [-0.05, 0) is 57.1 Å². The molecular formula is C26H38N2O8S. The normalized spacial score (nSPS) is 22.2. The average molecular weight is 539 g/mol. The summed E-state index contributed by atoms with van der Waals surface area (Å²) in [6.07, 6.45) is 5.24. The van der Waals surface area contributed by atoms with Crippen molar-refractivity contribution in [2.45, 2.75) is 68.7 Å². The van der Waals surface area contributed by atoms with Gasteiger partial charge in [-0.3, -0.25) is 14.4 Å². The molecule has 1 aromatic rings. The first-order valence-corrected chi connectivity index (χ1v) is 14.4. The van der Waals surface area contributed by atoms with Crippen molar-refractivity contribution in [2.75, 3.05) is 26.9 Å². The van der Waals surface area contributed by atoms with Crippen LogP contribution in [0.2, 0.25) is 0 Å². The zero-order valence-corrected chi connectivity index (χ0v) is 22.1. The van der Waals surface area contributed by atoms with E-state index in [4.69, 9.17) is 9.47 Å². The van der Waals surface area contributed by atoms with Gasteiger partial charge in [-0.1, -0.05) is 31.0 Å². The Morgan fingerprint density at radius 1 is 1.05 bits per heavy atom. The summed E-state index contributed by atoms with van der Waals surface area (Å²) in [5.41, 5.74) is -0.744. The van der Waals surface area contributed by atoms with Gasteiger partial charge in [0, 0.05) is 19.1 Å². The SMILES string of the molecule is COCCOCC(CC1(C(=O)N[C@H]2CC[C@@H](C(=O)NS(=O)(=O)c3ccccc3)CC2)CCCC1)C(=O)O. The van der Waals surface area contributed by atoms with Gasteiger partial charge in [0.15, 0.2) is 0 Å². The highest BCUT2D eigenvalue weighted by Gasteiger charge is 2.45. The molecule has 10 nitrogen and oxygen atoms in total. The molecule has 206 valence electrons. The first-order valence-electron chi connectivity index (χ1n) is 12.9. The third kappa shape index (κ3) is 7.99. The van der Waals surface area contributed by atoms with E-state index in [-0.39, 0.29) is 29.9 Å². The summed E-state index contributed by atoms with van der Waals surface area (Å²) in [7, 11) is -2.38. The fourth-order valence-corrected chi connectivity index (χ4v) is 6.41. The lowest BCUT2D eigenvalue weighted by Gasteiger charge is -2.34. The van der Waals surface area contributed by atoms with E-state index in [9.17, 15) is 27.9 Å². The second kappa shape index (κ2) is 13.3. The first-order chi connectivity index (χ1) is 17.7. The Hall–Kier alpha value is -2.50. The van der Waals surface area contributed by atoms with Crippen LogP contribution in [-0.4, -0.2) is 64.3 Å². The summed E-state index contributed by atoms with van der Waals surface area (Å²) >= 11 is 0. The van der Waals surface area contributed by atoms with Gasteiger partial charge in [-0.25, -0.2) is 13.1 Å². The standard InChI is InChI=1S/C26H38N2O8S/c1-35-15-16-36-18-20(24(30)31)17-26(13-5-6-14-26)25(32)27-21-11-9-19(10-12-21)23(29)28-37(33,34)22-7-3-2-4-8-22/h2-4,7-8,19-21H,5-6,9-18H2,1H3,(H,27,32)(H,28,29)(H,30,31)/t19-,20?,21+. The molecule has 1 atom stereocenters. The molecule has 0 radical (unpaired) electrons. The molecule has 0 saturated heterocycles. The maximum absolute atomic E-state index is 13.4. The number of carboxylic acid groups (broad SMARTS) is 1. The van der Waals surface area contributed by atoms with Crippen molar-refractivity contribution in [2.24, 2.45) is 17.3 Å². The molecule has 2 aliphatic carbocycles. The van der Waals surface area contributed by atoms with Gasteiger partial charge in [-0.2, -0.15) is 0 Å². The lowest BCUT2D eigenvalue weighted by molar-refractivity contribution is -0.147. The summed E-state index contributed by atoms with van der Waals surface area (Å²) in [4.78, 5) is 38.0. The van der Waals surface area contributed by atoms with E-state index in [1.807, 2.05) is 0 Å². The molecule has 0 bridgehead atoms. The van der Waals surface area contributed by atoms with E-state index in [2.05, 4.69) is 10.0 Å². The molecule has 3 rings (SSSR count). The zero-order chi connectivity index (χ0) is 26.9. The number of rotatable bonds is 13. The van der Waals surface area contributed by atoms with Crippen LogP contribution in [0, 0.1) is 17.3 Å². The topological polar surface area (TPSA) is 148 Å². The van der Waals surface area contributed by atoms with Gasteiger partial charge in [0.1, 0.15) is 0 Å². The van der Waals surface area contributed by atoms with Crippen molar-refractivity contribution in [1.82, 2.24) is 10.0 Å². The van der Waals surface area contributed by atoms with Crippen LogP contribution in [0.25, 0.3) is 0 Å². The predicted molar refractivity (Wildman–Crippen MR) is 135 cm³/mol. The Balaban J connectivity index is 1.53. The molecule has 2 saturated carbocycles. The Bertz CT molecular complexity index is 1020. The third-order valence-electron chi connectivity index (χ3n) is 7.50. The predicted octanol–water partition coefficient (Wildman–Crippen LogP) is 2.48. The van der Waals surface area contributed by atoms with Gasteiger partial charge in [-0.15, -0.1) is 0 Å². The van der Waals surface area contributed by atoms with Crippen LogP contribution in [0.1, 0.15) is 57.8 Å². The molecule has 3 N–H and O–H groups in total. The van der Waals surface area contributed by atoms with Crippen molar-refractivity contribution < 1.29 is 37.4 Å². The zero-order valence-electron chi connectivity index (χ0n) is 21.3. The van der Waals surface area contributed by atoms with E-state index in [1.54, 1.807) is 25.3 Å². The lowest BCUT2D eigenvalue weighted by Crippen LogP contribution is -2.48. The smallest absolute Gasteiger partial charge is 0.308 e. The van der Waals surface area contributed by atoms with E-state index >= 15 is 0 Å². The van der Waals surface area contributed by atoms with Crippen LogP contribution < -0.4 is 10.0 Å². The number of ether oxygens (including phenoxy) is 2. The molecule has 37 heavy (non-hydrogen) atoms. The van der Waals surface area contributed by atoms with Crippen molar-refractivity contribution >= 4 is 27.8 Å². The number of sulfonamides is 1. The second-order valence-electron chi connectivity index (χ2n) is 10.1. The Labute approximate surface area is 218 Å². The lowest BCUT2D eigenvalue weighted by atomic mass is 9.76. The molecule has 2 aliphatic rings. The minimum atomic E-state index is -3.92. The van der Waals surface area contributed by atoms with Crippen LogP contribution in [0.3, 0.4) is 0 Å². The highest BCUT2D eigenvalue weighted by molar-refractivity contribution is 7.90. The second-order valence-corrected chi connectivity index (χ2v) is 11.8. The Kier molecular flexibility index (Phi) is 10.5. The van der Waals surface area contributed by atoms with Gasteiger partial charge >= 0.3 is 5.97 Å². The number of benzene rings is 1. The number of hydrogen-bond acceptors (Lipinski definition) is 7. The molecule has 0 aliphatic heterocycles. The van der Waals surface area contributed by atoms with Gasteiger partial charge in [0.2, 0.25) is 11.8 Å². The fraction of sp³-hybridized carbons (Fsp3) is 0.654. The average Bonchev–Trinajstić information content (AvgIpc) is 3.36. The van der Waals surface area contributed by atoms with Crippen LogP contribution in [0.15, 0.2) is 35.2 Å². The highest BCUT2D eigenvalue weighted by Crippen LogP contribution is 2.44. The maximum Gasteiger partial charge on any atom is 0.308 e. The minimum Gasteiger partial charge on any atom is -0.481 e. The van der Waals surface area contributed by atoms with E-state index in [0.29, 0.717) is 51.7 Å². The minimum absolute atomic E-state index is 0.0276. The van der Waals surface area contributed by atoms with Crippen molar-refractivity contribution in [3.63, 3.8) is 0 Å². The summed E-state index contributed by atoms with van der Waals surface area (Å²) in [5, 5.41) is 12.8. The van der Waals surface area contributed by atoms with E-state index < -0.39 is 39.2 Å². The number of carboxylic acids is 1. The van der Waals surface area contributed by atoms with Crippen LogP contribution in [-0.2, 0) is 33.9 Å². The van der Waals surface area contributed by atoms with Crippen LogP contribution >= 0.6 is 0 Å². The van der Waals surface area contributed by atoms with E-state index in [0.717, 1.165) is 12.8 Å². The molecule has 11 heteroatoms. The van der Waals surface area contributed by atoms with Crippen molar-refractivity contribution in [1.29, 1.82) is 0 Å². The molecule has 0 heterocycles. The number of methoxy groups -OCH3 is 1. The molecule has 0 spiro atoms. The molecule has 2 fully saturated rings. The molecular weight excluding hydrogens is 500 g/mol. The van der Waals surface area contributed by atoms with Crippen LogP contribution in [0.5, 0.6) is 0 Å².